The molecule has 0 radical (unpaired) electrons. The highest BCUT2D eigenvalue weighted by Gasteiger charge is 2.22. The average Bonchev–Trinajstić information content (AvgIpc) is 2.79. The fourth-order valence-electron chi connectivity index (χ4n) is 3.66. The Morgan fingerprint density at radius 1 is 1.19 bits per heavy atom. The Morgan fingerprint density at radius 2 is 1.91 bits per heavy atom. The number of halogens is 3. The highest BCUT2D eigenvalue weighted by atomic mass is 35.5. The maximum Gasteiger partial charge on any atom is 0.387 e. The van der Waals surface area contributed by atoms with Crippen molar-refractivity contribution in [3.8, 4) is 5.75 Å². The standard InChI is InChI=1S/C23H25ClF2N2O3S/c1-28(16-7-3-2-4-8-16)21(29)14-32-20-10-6-5-9-17(20)22(30)27-15-11-12-19(18(24)13-15)31-23(25)26/h5-6,9-13,16,23H,2-4,7-8,14H2,1H3,(H,27,30). The summed E-state index contributed by atoms with van der Waals surface area (Å²) in [6.45, 7) is -2.99. The van der Waals surface area contributed by atoms with Crippen molar-refractivity contribution in [2.75, 3.05) is 18.1 Å². The van der Waals surface area contributed by atoms with Crippen LogP contribution in [-0.4, -0.2) is 42.2 Å². The zero-order valence-electron chi connectivity index (χ0n) is 17.7. The third-order valence-electron chi connectivity index (χ3n) is 5.40. The van der Waals surface area contributed by atoms with Crippen LogP contribution in [0.1, 0.15) is 42.5 Å². The Kier molecular flexibility index (Phi) is 8.75. The summed E-state index contributed by atoms with van der Waals surface area (Å²) in [6, 6.07) is 11.3. The van der Waals surface area contributed by atoms with E-state index in [4.69, 9.17) is 11.6 Å². The van der Waals surface area contributed by atoms with Gasteiger partial charge in [-0.15, -0.1) is 11.8 Å². The van der Waals surface area contributed by atoms with Gasteiger partial charge in [-0.3, -0.25) is 9.59 Å². The highest BCUT2D eigenvalue weighted by molar-refractivity contribution is 8.00. The van der Waals surface area contributed by atoms with Crippen LogP contribution >= 0.6 is 23.4 Å². The number of carbonyl (C=O) groups is 2. The Bertz CT molecular complexity index is 955. The minimum atomic E-state index is -2.99. The van der Waals surface area contributed by atoms with E-state index in [0.29, 0.717) is 16.1 Å². The lowest BCUT2D eigenvalue weighted by molar-refractivity contribution is -0.129. The summed E-state index contributed by atoms with van der Waals surface area (Å²) in [6.07, 6.45) is 5.60. The van der Waals surface area contributed by atoms with Gasteiger partial charge in [0.05, 0.1) is 16.3 Å². The zero-order valence-corrected chi connectivity index (χ0v) is 19.2. The molecule has 172 valence electrons. The molecule has 2 aromatic carbocycles. The van der Waals surface area contributed by atoms with Gasteiger partial charge in [-0.2, -0.15) is 8.78 Å². The van der Waals surface area contributed by atoms with Gasteiger partial charge in [0.15, 0.2) is 0 Å². The molecule has 0 atom stereocenters. The van der Waals surface area contributed by atoms with Gasteiger partial charge >= 0.3 is 6.61 Å². The molecule has 32 heavy (non-hydrogen) atoms. The van der Waals surface area contributed by atoms with Crippen LogP contribution in [0.4, 0.5) is 14.5 Å². The van der Waals surface area contributed by atoms with E-state index in [0.717, 1.165) is 25.7 Å². The van der Waals surface area contributed by atoms with Crippen molar-refractivity contribution in [2.24, 2.45) is 0 Å². The van der Waals surface area contributed by atoms with Gasteiger partial charge in [-0.25, -0.2) is 0 Å². The molecule has 1 N–H and O–H groups in total. The normalized spacial score (nSPS) is 14.3. The van der Waals surface area contributed by atoms with Crippen molar-refractivity contribution in [2.45, 2.75) is 49.7 Å². The first-order valence-electron chi connectivity index (χ1n) is 10.4. The van der Waals surface area contributed by atoms with Crippen molar-refractivity contribution in [3.05, 3.63) is 53.1 Å². The third-order valence-corrected chi connectivity index (χ3v) is 6.76. The van der Waals surface area contributed by atoms with Crippen molar-refractivity contribution < 1.29 is 23.1 Å². The zero-order chi connectivity index (χ0) is 23.1. The monoisotopic (exact) mass is 482 g/mol. The maximum absolute atomic E-state index is 12.8. The smallest absolute Gasteiger partial charge is 0.387 e. The van der Waals surface area contributed by atoms with Crippen molar-refractivity contribution in [1.82, 2.24) is 4.90 Å². The van der Waals surface area contributed by atoms with Crippen molar-refractivity contribution >= 4 is 40.9 Å². The minimum absolute atomic E-state index is 0.0397. The van der Waals surface area contributed by atoms with Gasteiger partial charge in [0.1, 0.15) is 5.75 Å². The molecule has 0 bridgehead atoms. The van der Waals surface area contributed by atoms with E-state index in [1.807, 2.05) is 18.0 Å². The van der Waals surface area contributed by atoms with E-state index in [9.17, 15) is 18.4 Å². The number of alkyl halides is 2. The molecule has 0 spiro atoms. The lowest BCUT2D eigenvalue weighted by atomic mass is 9.94. The lowest BCUT2D eigenvalue weighted by Crippen LogP contribution is -2.39. The summed E-state index contributed by atoms with van der Waals surface area (Å²) >= 11 is 7.27. The second-order valence-electron chi connectivity index (χ2n) is 7.56. The third kappa shape index (κ3) is 6.59. The maximum atomic E-state index is 12.8. The molecule has 0 unspecified atom stereocenters. The Labute approximate surface area is 195 Å². The quantitative estimate of drug-likeness (QED) is 0.463. The van der Waals surface area contributed by atoms with Crippen LogP contribution in [0, 0.1) is 0 Å². The van der Waals surface area contributed by atoms with E-state index >= 15 is 0 Å². The number of hydrogen-bond donors (Lipinski definition) is 1. The van der Waals surface area contributed by atoms with Gasteiger partial charge in [-0.05, 0) is 43.2 Å². The number of nitrogens with one attached hydrogen (secondary N) is 1. The SMILES string of the molecule is CN(C(=O)CSc1ccccc1C(=O)Nc1ccc(OC(F)F)c(Cl)c1)C1CCCCC1. The first kappa shape index (κ1) is 24.3. The lowest BCUT2D eigenvalue weighted by Gasteiger charge is -2.31. The van der Waals surface area contributed by atoms with Gasteiger partial charge in [0.25, 0.3) is 5.91 Å². The Hall–Kier alpha value is -2.32. The molecule has 0 aromatic heterocycles. The van der Waals surface area contributed by atoms with Crippen molar-refractivity contribution in [3.63, 3.8) is 0 Å². The number of hydrogen-bond acceptors (Lipinski definition) is 4. The summed E-state index contributed by atoms with van der Waals surface area (Å²) in [4.78, 5) is 28.0. The number of anilines is 1. The number of thioether (sulfide) groups is 1. The van der Waals surface area contributed by atoms with E-state index in [-0.39, 0.29) is 34.4 Å². The first-order valence-corrected chi connectivity index (χ1v) is 11.7. The largest absolute Gasteiger partial charge is 0.433 e. The van der Waals surface area contributed by atoms with Crippen LogP contribution < -0.4 is 10.1 Å². The molecule has 0 heterocycles. The van der Waals surface area contributed by atoms with Crippen molar-refractivity contribution in [1.29, 1.82) is 0 Å². The first-order chi connectivity index (χ1) is 15.3. The number of amides is 2. The average molecular weight is 483 g/mol. The number of ether oxygens (including phenoxy) is 1. The molecule has 9 heteroatoms. The molecule has 1 saturated carbocycles. The second kappa shape index (κ2) is 11.5. The molecular weight excluding hydrogens is 458 g/mol. The van der Waals surface area contributed by atoms with Gasteiger partial charge in [-0.1, -0.05) is 43.0 Å². The number of rotatable bonds is 8. The van der Waals surface area contributed by atoms with E-state index < -0.39 is 6.61 Å². The Balaban J connectivity index is 1.63. The van der Waals surface area contributed by atoms with Crippen LogP contribution in [-0.2, 0) is 4.79 Å². The van der Waals surface area contributed by atoms with Crippen LogP contribution in [0.25, 0.3) is 0 Å². The molecule has 1 aliphatic rings. The second-order valence-corrected chi connectivity index (χ2v) is 8.98. The summed E-state index contributed by atoms with van der Waals surface area (Å²) < 4.78 is 29.1. The fourth-order valence-corrected chi connectivity index (χ4v) is 4.86. The van der Waals surface area contributed by atoms with E-state index in [1.54, 1.807) is 18.2 Å². The van der Waals surface area contributed by atoms with E-state index in [1.165, 1.54) is 36.4 Å². The molecule has 5 nitrogen and oxygen atoms in total. The fraction of sp³-hybridized carbons (Fsp3) is 0.391. The number of benzene rings is 2. The number of carbonyl (C=O) groups excluding carboxylic acids is 2. The summed E-state index contributed by atoms with van der Waals surface area (Å²) in [5.41, 5.74) is 0.754. The topological polar surface area (TPSA) is 58.6 Å². The van der Waals surface area contributed by atoms with Gasteiger partial charge < -0.3 is 15.0 Å². The molecule has 1 fully saturated rings. The molecular formula is C23H25ClF2N2O3S. The van der Waals surface area contributed by atoms with Gasteiger partial charge in [0, 0.05) is 23.7 Å². The van der Waals surface area contributed by atoms with Crippen LogP contribution in [0.2, 0.25) is 5.02 Å². The predicted octanol–water partition coefficient (Wildman–Crippen LogP) is 6.08. The highest BCUT2D eigenvalue weighted by Crippen LogP contribution is 2.30. The molecule has 2 aromatic rings. The summed E-state index contributed by atoms with van der Waals surface area (Å²) in [7, 11) is 1.85. The molecule has 0 saturated heterocycles. The Morgan fingerprint density at radius 3 is 2.59 bits per heavy atom. The molecule has 0 aliphatic heterocycles. The van der Waals surface area contributed by atoms with Crippen LogP contribution in [0.3, 0.4) is 0 Å². The van der Waals surface area contributed by atoms with Crippen LogP contribution in [0.15, 0.2) is 47.4 Å². The molecule has 3 rings (SSSR count). The van der Waals surface area contributed by atoms with Crippen LogP contribution in [0.5, 0.6) is 5.75 Å². The summed E-state index contributed by atoms with van der Waals surface area (Å²) in [5.74, 6) is -0.280. The molecule has 1 aliphatic carbocycles. The predicted molar refractivity (Wildman–Crippen MR) is 123 cm³/mol. The van der Waals surface area contributed by atoms with Gasteiger partial charge in [0.2, 0.25) is 5.91 Å². The summed E-state index contributed by atoms with van der Waals surface area (Å²) in [5, 5.41) is 2.67. The number of nitrogens with zero attached hydrogens (tertiary/aromatic N) is 1. The van der Waals surface area contributed by atoms with E-state index in [2.05, 4.69) is 10.1 Å². The minimum Gasteiger partial charge on any atom is -0.433 e. The molecule has 2 amide bonds.